The van der Waals surface area contributed by atoms with Gasteiger partial charge in [-0.2, -0.15) is 5.10 Å². The van der Waals surface area contributed by atoms with Crippen molar-refractivity contribution in [3.05, 3.63) is 68.7 Å². The van der Waals surface area contributed by atoms with Crippen LogP contribution in [0.4, 0.5) is 5.00 Å². The van der Waals surface area contributed by atoms with Gasteiger partial charge >= 0.3 is 5.00 Å². The molecule has 2 heterocycles. The minimum Gasteiger partial charge on any atom is -0.267 e. The number of thiophene rings is 1. The van der Waals surface area contributed by atoms with Crippen molar-refractivity contribution < 1.29 is 9.72 Å². The Balaban J connectivity index is 1.57. The maximum atomic E-state index is 12.6. The van der Waals surface area contributed by atoms with E-state index in [2.05, 4.69) is 15.5 Å². The molecule has 8 heteroatoms. The minimum atomic E-state index is -0.455. The summed E-state index contributed by atoms with van der Waals surface area (Å²) in [5.41, 5.74) is 5.33. The Morgan fingerprint density at radius 1 is 1.35 bits per heavy atom. The number of para-hydroxylation sites is 1. The van der Waals surface area contributed by atoms with E-state index in [0.29, 0.717) is 17.0 Å². The van der Waals surface area contributed by atoms with Crippen LogP contribution in [0, 0.1) is 10.1 Å². The van der Waals surface area contributed by atoms with Gasteiger partial charge in [0.1, 0.15) is 0 Å². The summed E-state index contributed by atoms with van der Waals surface area (Å²) in [6.45, 7) is 0. The molecule has 3 aromatic rings. The largest absolute Gasteiger partial charge is 0.324 e. The molecule has 1 N–H and O–H groups in total. The zero-order valence-electron chi connectivity index (χ0n) is 13.6. The molecule has 0 unspecified atom stereocenters. The highest BCUT2D eigenvalue weighted by Gasteiger charge is 2.26. The number of rotatable bonds is 5. The molecule has 2 aromatic heterocycles. The van der Waals surface area contributed by atoms with E-state index in [-0.39, 0.29) is 10.9 Å². The topological polar surface area (TPSA) is 97.5 Å². The number of benzene rings is 1. The van der Waals surface area contributed by atoms with E-state index in [0.717, 1.165) is 40.8 Å². The Labute approximate surface area is 152 Å². The molecule has 0 radical (unpaired) electrons. The van der Waals surface area contributed by atoms with E-state index < -0.39 is 4.92 Å². The summed E-state index contributed by atoms with van der Waals surface area (Å²) >= 11 is 1.02. The SMILES string of the molecule is O=C(N/N=C/c1csc([N+](=O)[O-])c1)c1cc(C2CC2)nc2ccccc12. The second kappa shape index (κ2) is 6.64. The highest BCUT2D eigenvalue weighted by atomic mass is 32.1. The number of nitrogens with zero attached hydrogens (tertiary/aromatic N) is 3. The van der Waals surface area contributed by atoms with Gasteiger partial charge in [0, 0.05) is 34.0 Å². The van der Waals surface area contributed by atoms with Crippen LogP contribution >= 0.6 is 11.3 Å². The summed E-state index contributed by atoms with van der Waals surface area (Å²) < 4.78 is 0. The average Bonchev–Trinajstić information content (AvgIpc) is 3.39. The predicted molar refractivity (Wildman–Crippen MR) is 99.8 cm³/mol. The zero-order valence-corrected chi connectivity index (χ0v) is 14.4. The van der Waals surface area contributed by atoms with E-state index in [1.54, 1.807) is 5.38 Å². The van der Waals surface area contributed by atoms with Gasteiger partial charge < -0.3 is 0 Å². The first-order valence-electron chi connectivity index (χ1n) is 8.08. The van der Waals surface area contributed by atoms with Crippen LogP contribution in [0.2, 0.25) is 0 Å². The average molecular weight is 366 g/mol. The van der Waals surface area contributed by atoms with Crippen molar-refractivity contribution in [3.8, 4) is 0 Å². The van der Waals surface area contributed by atoms with Gasteiger partial charge in [-0.3, -0.25) is 19.9 Å². The van der Waals surface area contributed by atoms with Gasteiger partial charge in [0.25, 0.3) is 5.91 Å². The zero-order chi connectivity index (χ0) is 18.1. The Morgan fingerprint density at radius 3 is 2.88 bits per heavy atom. The van der Waals surface area contributed by atoms with E-state index in [1.807, 2.05) is 30.3 Å². The van der Waals surface area contributed by atoms with Gasteiger partial charge in [0.05, 0.1) is 22.2 Å². The number of nitrogens with one attached hydrogen (secondary N) is 1. The van der Waals surface area contributed by atoms with Crippen molar-refractivity contribution in [1.29, 1.82) is 0 Å². The fourth-order valence-electron chi connectivity index (χ4n) is 2.70. The monoisotopic (exact) mass is 366 g/mol. The third-order valence-corrected chi connectivity index (χ3v) is 5.04. The first-order valence-corrected chi connectivity index (χ1v) is 8.96. The number of hydrogen-bond donors (Lipinski definition) is 1. The lowest BCUT2D eigenvalue weighted by atomic mass is 10.1. The third-order valence-electron chi connectivity index (χ3n) is 4.14. The molecule has 1 amide bonds. The lowest BCUT2D eigenvalue weighted by Crippen LogP contribution is -2.18. The Morgan fingerprint density at radius 2 is 2.15 bits per heavy atom. The molecule has 130 valence electrons. The van der Waals surface area contributed by atoms with Crippen molar-refractivity contribution in [2.75, 3.05) is 0 Å². The number of pyridine rings is 1. The molecule has 1 aromatic carbocycles. The van der Waals surface area contributed by atoms with Gasteiger partial charge in [-0.15, -0.1) is 0 Å². The maximum Gasteiger partial charge on any atom is 0.324 e. The van der Waals surface area contributed by atoms with Crippen LogP contribution in [-0.4, -0.2) is 22.0 Å². The summed E-state index contributed by atoms with van der Waals surface area (Å²) in [5, 5.41) is 17.0. The molecule has 0 atom stereocenters. The molecule has 0 saturated heterocycles. The fourth-order valence-corrected chi connectivity index (χ4v) is 3.38. The van der Waals surface area contributed by atoms with Gasteiger partial charge in [-0.25, -0.2) is 5.43 Å². The van der Waals surface area contributed by atoms with E-state index >= 15 is 0 Å². The molecule has 0 aliphatic heterocycles. The lowest BCUT2D eigenvalue weighted by Gasteiger charge is -2.08. The number of hydrogen-bond acceptors (Lipinski definition) is 6. The van der Waals surface area contributed by atoms with Crippen LogP contribution < -0.4 is 5.43 Å². The van der Waals surface area contributed by atoms with Gasteiger partial charge in [-0.1, -0.05) is 29.5 Å². The Bertz CT molecular complexity index is 1040. The molecule has 0 bridgehead atoms. The van der Waals surface area contributed by atoms with Crippen LogP contribution in [0.1, 0.15) is 40.4 Å². The molecule has 1 saturated carbocycles. The standard InChI is InChI=1S/C18H14N4O3S/c23-18(21-19-9-11-7-17(22(24)25)26-10-11)14-8-16(12-5-6-12)20-15-4-2-1-3-13(14)15/h1-4,7-10,12H,5-6H2,(H,21,23)/b19-9+. The Hall–Kier alpha value is -3.13. The number of fused-ring (bicyclic) bond motifs is 1. The smallest absolute Gasteiger partial charge is 0.267 e. The molecule has 0 spiro atoms. The highest BCUT2D eigenvalue weighted by molar-refractivity contribution is 7.13. The van der Waals surface area contributed by atoms with Gasteiger partial charge in [-0.05, 0) is 25.0 Å². The van der Waals surface area contributed by atoms with Crippen LogP contribution in [0.15, 0.2) is 46.9 Å². The van der Waals surface area contributed by atoms with Crippen molar-refractivity contribution in [3.63, 3.8) is 0 Å². The van der Waals surface area contributed by atoms with E-state index in [9.17, 15) is 14.9 Å². The van der Waals surface area contributed by atoms with Crippen LogP contribution in [0.25, 0.3) is 10.9 Å². The number of carbonyl (C=O) groups excluding carboxylic acids is 1. The Kier molecular flexibility index (Phi) is 4.18. The molecule has 7 nitrogen and oxygen atoms in total. The summed E-state index contributed by atoms with van der Waals surface area (Å²) in [5.74, 6) is 0.104. The molecule has 1 aliphatic carbocycles. The fraction of sp³-hybridized carbons (Fsp3) is 0.167. The molecular weight excluding hydrogens is 352 g/mol. The van der Waals surface area contributed by atoms with Gasteiger partial charge in [0.2, 0.25) is 0 Å². The van der Waals surface area contributed by atoms with Crippen LogP contribution in [0.3, 0.4) is 0 Å². The van der Waals surface area contributed by atoms with Crippen LogP contribution in [0.5, 0.6) is 0 Å². The number of amides is 1. The van der Waals surface area contributed by atoms with E-state index in [1.165, 1.54) is 12.3 Å². The second-order valence-electron chi connectivity index (χ2n) is 6.06. The minimum absolute atomic E-state index is 0.0342. The molecule has 1 fully saturated rings. The number of carbonyl (C=O) groups is 1. The summed E-state index contributed by atoms with van der Waals surface area (Å²) in [4.78, 5) is 27.5. The van der Waals surface area contributed by atoms with Crippen LogP contribution in [-0.2, 0) is 0 Å². The second-order valence-corrected chi connectivity index (χ2v) is 6.95. The predicted octanol–water partition coefficient (Wildman–Crippen LogP) is 3.85. The number of aromatic nitrogens is 1. The summed E-state index contributed by atoms with van der Waals surface area (Å²) in [7, 11) is 0. The molecule has 4 rings (SSSR count). The first kappa shape index (κ1) is 16.3. The molecular formula is C18H14N4O3S. The maximum absolute atomic E-state index is 12.6. The summed E-state index contributed by atoms with van der Waals surface area (Å²) in [6, 6.07) is 10.8. The number of hydrazone groups is 1. The van der Waals surface area contributed by atoms with Crippen molar-refractivity contribution in [1.82, 2.24) is 10.4 Å². The molecule has 26 heavy (non-hydrogen) atoms. The highest BCUT2D eigenvalue weighted by Crippen LogP contribution is 2.40. The normalized spacial score (nSPS) is 14.0. The summed E-state index contributed by atoms with van der Waals surface area (Å²) in [6.07, 6.45) is 3.59. The number of nitro groups is 1. The lowest BCUT2D eigenvalue weighted by molar-refractivity contribution is -0.380. The third kappa shape index (κ3) is 3.31. The van der Waals surface area contributed by atoms with Gasteiger partial charge in [0.15, 0.2) is 0 Å². The van der Waals surface area contributed by atoms with Crippen molar-refractivity contribution >= 4 is 39.4 Å². The first-order chi connectivity index (χ1) is 12.6. The quantitative estimate of drug-likeness (QED) is 0.421. The van der Waals surface area contributed by atoms with E-state index in [4.69, 9.17) is 0 Å². The van der Waals surface area contributed by atoms with Crippen molar-refractivity contribution in [2.45, 2.75) is 18.8 Å². The molecule has 1 aliphatic rings. The van der Waals surface area contributed by atoms with Crippen molar-refractivity contribution in [2.24, 2.45) is 5.10 Å².